The Bertz CT molecular complexity index is 1040. The van der Waals surface area contributed by atoms with Crippen LogP contribution < -0.4 is 12.8 Å². The summed E-state index contributed by atoms with van der Waals surface area (Å²) in [6, 6.07) is 29.7. The van der Waals surface area contributed by atoms with E-state index in [0.717, 1.165) is 11.3 Å². The minimum Gasteiger partial charge on any atom is -0.640 e. The molecule has 1 aromatic heterocycles. The molecule has 0 unspecified atom stereocenters. The van der Waals surface area contributed by atoms with E-state index < -0.39 is 0 Å². The van der Waals surface area contributed by atoms with Gasteiger partial charge in [-0.1, -0.05) is 65.1 Å². The van der Waals surface area contributed by atoms with Crippen LogP contribution in [0.3, 0.4) is 0 Å². The van der Waals surface area contributed by atoms with Gasteiger partial charge in [-0.2, -0.15) is 4.57 Å². The van der Waals surface area contributed by atoms with Crippen LogP contribution in [0.5, 0.6) is 5.75 Å². The zero-order chi connectivity index (χ0) is 17.9. The first-order valence-electron chi connectivity index (χ1n) is 8.76. The van der Waals surface area contributed by atoms with Crippen molar-refractivity contribution in [3.05, 3.63) is 90.6 Å². The Morgan fingerprint density at radius 2 is 1.46 bits per heavy atom. The quantitative estimate of drug-likeness (QED) is 0.400. The first kappa shape index (κ1) is 16.8. The second-order valence-electron chi connectivity index (χ2n) is 6.45. The average Bonchev–Trinajstić information content (AvgIpc) is 2.70. The number of hydrogen-bond donors (Lipinski definition) is 0. The van der Waals surface area contributed by atoms with Crippen molar-refractivity contribution in [2.75, 3.05) is 0 Å². The number of para-hydroxylation sites is 1. The van der Waals surface area contributed by atoms with Crippen LogP contribution in [-0.2, 0) is 7.05 Å². The molecular weight excluding hydrogens is 333 g/mol. The fourth-order valence-electron chi connectivity index (χ4n) is 3.14. The van der Waals surface area contributed by atoms with E-state index in [9.17, 15) is 0 Å². The molecule has 0 saturated heterocycles. The summed E-state index contributed by atoms with van der Waals surface area (Å²) in [5.74, 6) is 0.954. The van der Waals surface area contributed by atoms with Crippen LogP contribution in [0.15, 0.2) is 84.9 Å². The van der Waals surface area contributed by atoms with Crippen LogP contribution in [0.4, 0.5) is 0 Å². The van der Waals surface area contributed by atoms with Crippen molar-refractivity contribution in [1.82, 2.24) is 0 Å². The minimum absolute atomic E-state index is 0.278. The maximum absolute atomic E-state index is 6.25. The van der Waals surface area contributed by atoms with Gasteiger partial charge in [0, 0.05) is 13.0 Å². The summed E-state index contributed by atoms with van der Waals surface area (Å²) in [6.45, 7) is 2.12. The van der Waals surface area contributed by atoms with Gasteiger partial charge < -0.3 is 3.79 Å². The third-order valence-electron chi connectivity index (χ3n) is 4.74. The normalized spacial score (nSPS) is 10.7. The van der Waals surface area contributed by atoms with Crippen molar-refractivity contribution < 1.29 is 8.36 Å². The maximum Gasteiger partial charge on any atom is 0.570 e. The van der Waals surface area contributed by atoms with E-state index in [2.05, 4.69) is 97.4 Å². The number of aryl methyl sites for hydroxylation is 2. The topological polar surface area (TPSA) is 13.1 Å². The molecule has 2 nitrogen and oxygen atoms in total. The van der Waals surface area contributed by atoms with Crippen molar-refractivity contribution >= 4 is 30.9 Å². The number of aromatic nitrogens is 1. The number of pyridine rings is 1. The molecule has 4 aromatic rings. The van der Waals surface area contributed by atoms with Crippen molar-refractivity contribution in [3.8, 4) is 16.9 Å². The summed E-state index contributed by atoms with van der Waals surface area (Å²) in [5.41, 5.74) is 4.85. The van der Waals surface area contributed by atoms with Crippen molar-refractivity contribution in [1.29, 1.82) is 0 Å². The molecule has 0 saturated carbocycles. The molecule has 3 aromatic carbocycles. The smallest absolute Gasteiger partial charge is 0.570 e. The van der Waals surface area contributed by atoms with Crippen molar-refractivity contribution in [2.24, 2.45) is 7.05 Å². The van der Waals surface area contributed by atoms with Crippen LogP contribution in [0, 0.1) is 6.92 Å². The van der Waals surface area contributed by atoms with E-state index in [4.69, 9.17) is 3.79 Å². The molecule has 4 rings (SSSR count). The van der Waals surface area contributed by atoms with Gasteiger partial charge in [0.15, 0.2) is 11.4 Å². The zero-order valence-corrected chi connectivity index (χ0v) is 16.2. The Kier molecular flexibility index (Phi) is 4.75. The van der Waals surface area contributed by atoms with Crippen molar-refractivity contribution in [2.45, 2.75) is 6.92 Å². The summed E-state index contributed by atoms with van der Waals surface area (Å²) in [4.78, 5) is 0. The number of rotatable bonds is 4. The third kappa shape index (κ3) is 3.37. The number of benzene rings is 3. The maximum atomic E-state index is 6.25. The van der Waals surface area contributed by atoms with Gasteiger partial charge in [0.25, 0.3) is 5.52 Å². The summed E-state index contributed by atoms with van der Waals surface area (Å²) in [5, 5.41) is 1.20. The highest BCUT2D eigenvalue weighted by molar-refractivity contribution is 6.47. The first-order valence-corrected chi connectivity index (χ1v) is 9.81. The highest BCUT2D eigenvalue weighted by Crippen LogP contribution is 2.22. The molecule has 0 aliphatic heterocycles. The van der Waals surface area contributed by atoms with Crippen LogP contribution in [-0.4, -0.2) is 15.6 Å². The molecular formula is C23H20AlNO+. The Balaban J connectivity index is 1.56. The van der Waals surface area contributed by atoms with Gasteiger partial charge >= 0.3 is 15.6 Å². The van der Waals surface area contributed by atoms with E-state index in [1.165, 1.54) is 26.6 Å². The van der Waals surface area contributed by atoms with Crippen LogP contribution in [0.2, 0.25) is 0 Å². The molecule has 0 bridgehead atoms. The first-order chi connectivity index (χ1) is 12.7. The van der Waals surface area contributed by atoms with E-state index in [1.54, 1.807) is 0 Å². The van der Waals surface area contributed by atoms with Gasteiger partial charge in [-0.15, -0.1) is 0 Å². The zero-order valence-electron chi connectivity index (χ0n) is 15.0. The molecule has 1 heterocycles. The molecule has 125 valence electrons. The Labute approximate surface area is 160 Å². The largest absolute Gasteiger partial charge is 0.640 e. The summed E-state index contributed by atoms with van der Waals surface area (Å²) >= 11 is -0.278. The monoisotopic (exact) mass is 353 g/mol. The van der Waals surface area contributed by atoms with Crippen LogP contribution in [0.25, 0.3) is 22.0 Å². The lowest BCUT2D eigenvalue weighted by Gasteiger charge is -2.09. The number of nitrogens with zero attached hydrogens (tertiary/aromatic N) is 1. The van der Waals surface area contributed by atoms with Gasteiger partial charge in [-0.25, -0.2) is 0 Å². The lowest BCUT2D eigenvalue weighted by atomic mass is 10.1. The summed E-state index contributed by atoms with van der Waals surface area (Å²) in [7, 11) is 2.09. The molecule has 0 aliphatic rings. The van der Waals surface area contributed by atoms with Crippen molar-refractivity contribution in [3.63, 3.8) is 0 Å². The second kappa shape index (κ2) is 7.34. The standard InChI is InChI=1S/C12H9.C11H11NO.Al/c1-3-7-11(8-4-1)12-9-5-2-6-10-12;1-8-6-7-9-4-3-5-10(13)11(9)12(8)2;/h1,3-10H;3-7H,1-2H3;/q;;+1. The van der Waals surface area contributed by atoms with E-state index in [-0.39, 0.29) is 15.6 Å². The Morgan fingerprint density at radius 3 is 2.23 bits per heavy atom. The van der Waals surface area contributed by atoms with E-state index in [0.29, 0.717) is 0 Å². The highest BCUT2D eigenvalue weighted by Gasteiger charge is 2.15. The number of hydrogen-bond acceptors (Lipinski definition) is 1. The number of fused-ring (bicyclic) bond motifs is 1. The molecule has 3 heteroatoms. The molecule has 0 N–H and O–H groups in total. The van der Waals surface area contributed by atoms with Gasteiger partial charge in [-0.3, -0.25) is 0 Å². The third-order valence-corrected chi connectivity index (χ3v) is 5.77. The summed E-state index contributed by atoms with van der Waals surface area (Å²) in [6.07, 6.45) is 0. The Hall–Kier alpha value is -2.60. The fourth-order valence-corrected chi connectivity index (χ4v) is 3.95. The van der Waals surface area contributed by atoms with E-state index in [1.807, 2.05) is 6.07 Å². The fraction of sp³-hybridized carbons (Fsp3) is 0.0870. The van der Waals surface area contributed by atoms with Crippen LogP contribution in [0.1, 0.15) is 5.69 Å². The molecule has 26 heavy (non-hydrogen) atoms. The van der Waals surface area contributed by atoms with Crippen LogP contribution >= 0.6 is 0 Å². The molecule has 0 fully saturated rings. The lowest BCUT2D eigenvalue weighted by molar-refractivity contribution is -0.651. The lowest BCUT2D eigenvalue weighted by Crippen LogP contribution is -2.33. The van der Waals surface area contributed by atoms with Gasteiger partial charge in [0.1, 0.15) is 7.05 Å². The molecule has 1 radical (unpaired) electrons. The van der Waals surface area contributed by atoms with Gasteiger partial charge in [0.05, 0.1) is 5.39 Å². The molecule has 0 spiro atoms. The van der Waals surface area contributed by atoms with Gasteiger partial charge in [-0.05, 0) is 29.3 Å². The highest BCUT2D eigenvalue weighted by atomic mass is 27.1. The Morgan fingerprint density at radius 1 is 0.731 bits per heavy atom. The predicted molar refractivity (Wildman–Crippen MR) is 108 cm³/mol. The molecule has 0 atom stereocenters. The van der Waals surface area contributed by atoms with Gasteiger partial charge in [0.2, 0.25) is 0 Å². The average molecular weight is 353 g/mol. The molecule has 0 amide bonds. The molecule has 0 aliphatic carbocycles. The summed E-state index contributed by atoms with van der Waals surface area (Å²) < 4.78 is 9.69. The second-order valence-corrected chi connectivity index (χ2v) is 7.59. The minimum atomic E-state index is -0.278. The predicted octanol–water partition coefficient (Wildman–Crippen LogP) is 3.96. The van der Waals surface area contributed by atoms with E-state index >= 15 is 0 Å². The SMILES string of the molecule is Cc1ccc2cccc([O][Al][c]3ccc(-c4ccccc4)cc3)c2[n+]1C.